The molecule has 0 atom stereocenters. The van der Waals surface area contributed by atoms with Gasteiger partial charge in [-0.25, -0.2) is 0 Å². The topological polar surface area (TPSA) is 81.7 Å². The maximum Gasteiger partial charge on any atom is 0.309 e. The van der Waals surface area contributed by atoms with E-state index in [1.807, 2.05) is 18.2 Å². The molecular formula is C19H18INO5. The van der Waals surface area contributed by atoms with Crippen LogP contribution in [0, 0.1) is 3.57 Å². The number of carbonyl (C=O) groups is 3. The molecule has 0 aromatic heterocycles. The van der Waals surface area contributed by atoms with E-state index in [9.17, 15) is 14.4 Å². The molecule has 136 valence electrons. The number of rotatable bonds is 8. The van der Waals surface area contributed by atoms with Crippen molar-refractivity contribution in [1.82, 2.24) is 0 Å². The fraction of sp³-hybridized carbons (Fsp3) is 0.211. The number of esters is 1. The zero-order valence-electron chi connectivity index (χ0n) is 14.2. The van der Waals surface area contributed by atoms with Crippen LogP contribution >= 0.6 is 22.6 Å². The number of Topliss-reactive ketones (excluding diaryl/α,β-unsaturated/α-hetero) is 1. The van der Waals surface area contributed by atoms with Gasteiger partial charge in [0.05, 0.1) is 18.7 Å². The Bertz CT molecular complexity index is 789. The summed E-state index contributed by atoms with van der Waals surface area (Å²) in [5.41, 5.74) is 1.27. The third-order valence-corrected chi connectivity index (χ3v) is 4.29. The van der Waals surface area contributed by atoms with Gasteiger partial charge in [-0.15, -0.1) is 0 Å². The van der Waals surface area contributed by atoms with Gasteiger partial charge in [0.15, 0.2) is 12.4 Å². The van der Waals surface area contributed by atoms with E-state index in [0.717, 1.165) is 3.57 Å². The van der Waals surface area contributed by atoms with E-state index in [2.05, 4.69) is 27.9 Å². The van der Waals surface area contributed by atoms with Crippen LogP contribution in [-0.2, 0) is 14.3 Å². The van der Waals surface area contributed by atoms with E-state index in [1.54, 1.807) is 30.3 Å². The zero-order chi connectivity index (χ0) is 18.9. The lowest BCUT2D eigenvalue weighted by atomic mass is 10.1. The number of carbonyl (C=O) groups excluding carboxylic acids is 3. The Balaban J connectivity index is 1.68. The predicted molar refractivity (Wildman–Crippen MR) is 105 cm³/mol. The first-order valence-electron chi connectivity index (χ1n) is 7.89. The molecule has 1 N–H and O–H groups in total. The van der Waals surface area contributed by atoms with Gasteiger partial charge < -0.3 is 14.8 Å². The Kier molecular flexibility index (Phi) is 7.58. The molecule has 0 heterocycles. The first-order chi connectivity index (χ1) is 12.5. The Morgan fingerprint density at radius 3 is 2.38 bits per heavy atom. The molecule has 2 aromatic rings. The van der Waals surface area contributed by atoms with E-state index >= 15 is 0 Å². The number of halogens is 1. The van der Waals surface area contributed by atoms with Crippen LogP contribution in [0.2, 0.25) is 0 Å². The van der Waals surface area contributed by atoms with Gasteiger partial charge in [0.2, 0.25) is 0 Å². The van der Waals surface area contributed by atoms with Crippen molar-refractivity contribution >= 4 is 45.9 Å². The number of amides is 1. The number of hydrogen-bond acceptors (Lipinski definition) is 5. The van der Waals surface area contributed by atoms with Crippen LogP contribution in [0.5, 0.6) is 5.75 Å². The molecule has 1 amide bonds. The summed E-state index contributed by atoms with van der Waals surface area (Å²) in [7, 11) is 0. The number of nitrogens with one attached hydrogen (secondary N) is 1. The second-order valence-corrected chi connectivity index (χ2v) is 6.53. The van der Waals surface area contributed by atoms with E-state index in [-0.39, 0.29) is 25.4 Å². The monoisotopic (exact) mass is 467 g/mol. The lowest BCUT2D eigenvalue weighted by Crippen LogP contribution is -2.22. The highest BCUT2D eigenvalue weighted by molar-refractivity contribution is 14.1. The van der Waals surface area contributed by atoms with E-state index in [0.29, 0.717) is 17.0 Å². The van der Waals surface area contributed by atoms with Crippen molar-refractivity contribution < 1.29 is 23.9 Å². The summed E-state index contributed by atoms with van der Waals surface area (Å²) in [6, 6.07) is 14.0. The molecule has 0 radical (unpaired) electrons. The lowest BCUT2D eigenvalue weighted by Gasteiger charge is -2.09. The second kappa shape index (κ2) is 9.91. The molecule has 0 saturated heterocycles. The lowest BCUT2D eigenvalue weighted by molar-refractivity contribution is -0.147. The van der Waals surface area contributed by atoms with Gasteiger partial charge in [0.1, 0.15) is 5.75 Å². The van der Waals surface area contributed by atoms with E-state index < -0.39 is 11.9 Å². The van der Waals surface area contributed by atoms with Gasteiger partial charge in [-0.1, -0.05) is 12.1 Å². The van der Waals surface area contributed by atoms with Gasteiger partial charge in [0.25, 0.3) is 5.91 Å². The Labute approximate surface area is 165 Å². The summed E-state index contributed by atoms with van der Waals surface area (Å²) in [5.74, 6) is -0.394. The number of hydrogen-bond donors (Lipinski definition) is 1. The van der Waals surface area contributed by atoms with Gasteiger partial charge >= 0.3 is 5.97 Å². The minimum Gasteiger partial charge on any atom is -0.493 e. The summed E-state index contributed by atoms with van der Waals surface area (Å²) < 4.78 is 11.2. The first kappa shape index (κ1) is 19.9. The molecule has 0 unspecified atom stereocenters. The number of ether oxygens (including phenoxy) is 2. The molecule has 0 spiro atoms. The fourth-order valence-corrected chi connectivity index (χ4v) is 2.53. The third kappa shape index (κ3) is 6.47. The number of ketones is 1. The normalized spacial score (nSPS) is 10.1. The molecule has 0 bridgehead atoms. The molecule has 0 aliphatic carbocycles. The van der Waals surface area contributed by atoms with Crippen LogP contribution in [-0.4, -0.2) is 30.9 Å². The van der Waals surface area contributed by atoms with Crippen molar-refractivity contribution in [2.75, 3.05) is 18.5 Å². The van der Waals surface area contributed by atoms with Crippen molar-refractivity contribution in [3.05, 3.63) is 57.7 Å². The van der Waals surface area contributed by atoms with Crippen LogP contribution in [0.4, 0.5) is 5.69 Å². The van der Waals surface area contributed by atoms with E-state index in [4.69, 9.17) is 9.47 Å². The van der Waals surface area contributed by atoms with E-state index in [1.165, 1.54) is 6.92 Å². The van der Waals surface area contributed by atoms with Crippen LogP contribution in [0.3, 0.4) is 0 Å². The van der Waals surface area contributed by atoms with Crippen LogP contribution in [0.15, 0.2) is 48.5 Å². The molecule has 0 aliphatic heterocycles. The highest BCUT2D eigenvalue weighted by Crippen LogP contribution is 2.16. The Hall–Kier alpha value is -2.42. The summed E-state index contributed by atoms with van der Waals surface area (Å²) in [6.45, 7) is 1.26. The molecule has 2 aromatic carbocycles. The Morgan fingerprint density at radius 1 is 1.04 bits per heavy atom. The molecule has 2 rings (SSSR count). The minimum absolute atomic E-state index is 0.0185. The Morgan fingerprint density at radius 2 is 1.73 bits per heavy atom. The molecule has 0 saturated carbocycles. The molecular weight excluding hydrogens is 449 g/mol. The summed E-state index contributed by atoms with van der Waals surface area (Å²) in [6.07, 6.45) is 0.0185. The molecule has 0 aliphatic rings. The third-order valence-electron chi connectivity index (χ3n) is 3.35. The number of benzene rings is 2. The van der Waals surface area contributed by atoms with Gasteiger partial charge in [-0.3, -0.25) is 14.4 Å². The summed E-state index contributed by atoms with van der Waals surface area (Å²) in [4.78, 5) is 34.7. The predicted octanol–water partition coefficient (Wildman–Crippen LogP) is 3.44. The van der Waals surface area contributed by atoms with Crippen LogP contribution in [0.1, 0.15) is 23.7 Å². The maximum absolute atomic E-state index is 11.8. The average molecular weight is 467 g/mol. The fourth-order valence-electron chi connectivity index (χ4n) is 2.01. The molecule has 26 heavy (non-hydrogen) atoms. The van der Waals surface area contributed by atoms with Crippen LogP contribution < -0.4 is 10.1 Å². The molecule has 0 fully saturated rings. The van der Waals surface area contributed by atoms with Gasteiger partial charge in [-0.2, -0.15) is 0 Å². The molecule has 7 heteroatoms. The zero-order valence-corrected chi connectivity index (χ0v) is 16.3. The van der Waals surface area contributed by atoms with Crippen molar-refractivity contribution in [2.45, 2.75) is 13.3 Å². The van der Waals surface area contributed by atoms with Gasteiger partial charge in [-0.05, 0) is 65.9 Å². The number of anilines is 1. The van der Waals surface area contributed by atoms with Crippen molar-refractivity contribution in [1.29, 1.82) is 0 Å². The minimum atomic E-state index is -0.525. The summed E-state index contributed by atoms with van der Waals surface area (Å²) >= 11 is 2.11. The van der Waals surface area contributed by atoms with Gasteiger partial charge in [0, 0.05) is 9.13 Å². The summed E-state index contributed by atoms with van der Waals surface area (Å²) in [5, 5.41) is 2.68. The second-order valence-electron chi connectivity index (χ2n) is 5.37. The highest BCUT2D eigenvalue weighted by atomic mass is 127. The smallest absolute Gasteiger partial charge is 0.309 e. The SMILES string of the molecule is CC(=O)c1ccc(OCCC(=O)OCC(=O)Nc2ccccc2I)cc1. The standard InChI is InChI=1S/C19H18INO5/c1-13(22)14-6-8-15(9-7-14)25-11-10-19(24)26-12-18(23)21-17-5-3-2-4-16(17)20/h2-9H,10-12H2,1H3,(H,21,23). The quantitative estimate of drug-likeness (QED) is 0.366. The average Bonchev–Trinajstić information content (AvgIpc) is 2.62. The van der Waals surface area contributed by atoms with Crippen molar-refractivity contribution in [2.24, 2.45) is 0 Å². The largest absolute Gasteiger partial charge is 0.493 e. The van der Waals surface area contributed by atoms with Crippen molar-refractivity contribution in [3.63, 3.8) is 0 Å². The van der Waals surface area contributed by atoms with Crippen LogP contribution in [0.25, 0.3) is 0 Å². The van der Waals surface area contributed by atoms with Crippen molar-refractivity contribution in [3.8, 4) is 5.75 Å². The first-order valence-corrected chi connectivity index (χ1v) is 8.97. The maximum atomic E-state index is 11.8. The number of para-hydroxylation sites is 1. The molecule has 6 nitrogen and oxygen atoms in total. The highest BCUT2D eigenvalue weighted by Gasteiger charge is 2.09.